The van der Waals surface area contributed by atoms with Crippen LogP contribution in [0.5, 0.6) is 5.75 Å². The molecule has 0 radical (unpaired) electrons. The first-order valence-electron chi connectivity index (χ1n) is 10.1. The average Bonchev–Trinajstić information content (AvgIpc) is 2.74. The van der Waals surface area contributed by atoms with E-state index >= 15 is 0 Å². The molecule has 0 spiro atoms. The summed E-state index contributed by atoms with van der Waals surface area (Å²) in [5.74, 6) is 1.00. The Morgan fingerprint density at radius 3 is 2.28 bits per heavy atom. The fourth-order valence-electron chi connectivity index (χ4n) is 3.57. The summed E-state index contributed by atoms with van der Waals surface area (Å²) < 4.78 is 33.8. The fraction of sp³-hybridized carbons (Fsp3) is 0.455. The van der Waals surface area contributed by atoms with Gasteiger partial charge in [0, 0.05) is 36.9 Å². The molecule has 3 rings (SSSR count). The lowest BCUT2D eigenvalue weighted by atomic mass is 9.98. The molecule has 1 aliphatic heterocycles. The Hall–Kier alpha value is -1.76. The molecule has 1 aliphatic rings. The van der Waals surface area contributed by atoms with Crippen LogP contribution in [-0.4, -0.2) is 45.5 Å². The number of piperazine rings is 1. The highest BCUT2D eigenvalue weighted by molar-refractivity contribution is 7.89. The molecule has 7 heteroatoms. The molecule has 0 saturated carbocycles. The summed E-state index contributed by atoms with van der Waals surface area (Å²) in [4.78, 5) is 2.53. The van der Waals surface area contributed by atoms with E-state index in [2.05, 4.69) is 18.7 Å². The highest BCUT2D eigenvalue weighted by atomic mass is 35.5. The predicted molar refractivity (Wildman–Crippen MR) is 119 cm³/mol. The normalized spacial score (nSPS) is 16.6. The monoisotopic (exact) mass is 436 g/mol. The zero-order valence-corrected chi connectivity index (χ0v) is 18.8. The minimum absolute atomic E-state index is 0.230. The van der Waals surface area contributed by atoms with Crippen LogP contribution in [0.25, 0.3) is 0 Å². The van der Waals surface area contributed by atoms with Gasteiger partial charge < -0.3 is 9.64 Å². The van der Waals surface area contributed by atoms with Gasteiger partial charge in [-0.15, -0.1) is 0 Å². The summed E-state index contributed by atoms with van der Waals surface area (Å²) in [7, 11) is -3.54. The van der Waals surface area contributed by atoms with Crippen LogP contribution in [0.2, 0.25) is 5.02 Å². The van der Waals surface area contributed by atoms with Gasteiger partial charge in [0.1, 0.15) is 5.75 Å². The highest BCUT2D eigenvalue weighted by Crippen LogP contribution is 2.32. The third-order valence-corrected chi connectivity index (χ3v) is 7.64. The van der Waals surface area contributed by atoms with Crippen LogP contribution in [0.1, 0.15) is 38.7 Å². The van der Waals surface area contributed by atoms with Crippen molar-refractivity contribution >= 4 is 27.3 Å². The molecule has 158 valence electrons. The van der Waals surface area contributed by atoms with Crippen LogP contribution in [0.4, 0.5) is 5.69 Å². The summed E-state index contributed by atoms with van der Waals surface area (Å²) in [6.45, 7) is 8.89. The van der Waals surface area contributed by atoms with E-state index in [1.54, 1.807) is 22.5 Å². The van der Waals surface area contributed by atoms with Gasteiger partial charge in [0.2, 0.25) is 10.0 Å². The second kappa shape index (κ2) is 9.37. The Kier molecular flexibility index (Phi) is 7.09. The maximum absolute atomic E-state index is 13.3. The molecule has 0 aromatic heterocycles. The van der Waals surface area contributed by atoms with Crippen molar-refractivity contribution in [2.24, 2.45) is 0 Å². The first kappa shape index (κ1) is 21.9. The van der Waals surface area contributed by atoms with Crippen molar-refractivity contribution in [3.05, 3.63) is 53.1 Å². The Morgan fingerprint density at radius 1 is 1.03 bits per heavy atom. The van der Waals surface area contributed by atoms with Crippen LogP contribution in [0.15, 0.2) is 47.4 Å². The van der Waals surface area contributed by atoms with Gasteiger partial charge in [-0.25, -0.2) is 8.42 Å². The lowest BCUT2D eigenvalue weighted by Crippen LogP contribution is -2.48. The maximum atomic E-state index is 13.3. The molecule has 0 N–H and O–H groups in total. The van der Waals surface area contributed by atoms with Gasteiger partial charge in [0.25, 0.3) is 0 Å². The maximum Gasteiger partial charge on any atom is 0.243 e. The van der Waals surface area contributed by atoms with E-state index in [-0.39, 0.29) is 5.92 Å². The third kappa shape index (κ3) is 4.87. The van der Waals surface area contributed by atoms with E-state index in [0.29, 0.717) is 42.7 Å². The van der Waals surface area contributed by atoms with Gasteiger partial charge in [0.05, 0.1) is 11.5 Å². The molecule has 1 unspecified atom stereocenters. The van der Waals surface area contributed by atoms with Crippen LogP contribution in [0.3, 0.4) is 0 Å². The largest absolute Gasteiger partial charge is 0.494 e. The number of sulfonamides is 1. The number of benzene rings is 2. The third-order valence-electron chi connectivity index (χ3n) is 5.49. The van der Waals surface area contributed by atoms with E-state index in [4.69, 9.17) is 16.3 Å². The van der Waals surface area contributed by atoms with E-state index in [9.17, 15) is 8.42 Å². The molecule has 0 bridgehead atoms. The summed E-state index contributed by atoms with van der Waals surface area (Å²) >= 11 is 5.96. The topological polar surface area (TPSA) is 49.9 Å². The van der Waals surface area contributed by atoms with E-state index in [1.807, 2.05) is 31.2 Å². The van der Waals surface area contributed by atoms with Crippen molar-refractivity contribution in [3.63, 3.8) is 0 Å². The number of anilines is 1. The standard InChI is InChI=1S/C22H29ClN2O3S/c1-4-17(3)21-16-20(10-11-22(21)28-5-2)29(26,27)25-14-12-24(13-15-25)19-8-6-18(23)7-9-19/h6-11,16-17H,4-5,12-15H2,1-3H3. The lowest BCUT2D eigenvalue weighted by molar-refractivity contribution is 0.334. The summed E-state index contributed by atoms with van der Waals surface area (Å²) in [6.07, 6.45) is 0.920. The van der Waals surface area contributed by atoms with Crippen molar-refractivity contribution < 1.29 is 13.2 Å². The van der Waals surface area contributed by atoms with Gasteiger partial charge in [-0.3, -0.25) is 0 Å². The molecule has 0 aliphatic carbocycles. The van der Waals surface area contributed by atoms with Crippen LogP contribution < -0.4 is 9.64 Å². The number of ether oxygens (including phenoxy) is 1. The Balaban J connectivity index is 1.78. The number of halogens is 1. The highest BCUT2D eigenvalue weighted by Gasteiger charge is 2.29. The van der Waals surface area contributed by atoms with Crippen molar-refractivity contribution in [2.45, 2.75) is 38.0 Å². The molecule has 1 heterocycles. The summed E-state index contributed by atoms with van der Waals surface area (Å²) in [5, 5.41) is 0.697. The number of rotatable bonds is 7. The molecule has 1 atom stereocenters. The zero-order chi connectivity index (χ0) is 21.0. The molecule has 1 saturated heterocycles. The molecular formula is C22H29ClN2O3S. The first-order valence-corrected chi connectivity index (χ1v) is 12.0. The SMILES string of the molecule is CCOc1ccc(S(=O)(=O)N2CCN(c3ccc(Cl)cc3)CC2)cc1C(C)CC. The zero-order valence-electron chi connectivity index (χ0n) is 17.3. The van der Waals surface area contributed by atoms with Gasteiger partial charge in [-0.2, -0.15) is 4.31 Å². The second-order valence-electron chi connectivity index (χ2n) is 7.31. The molecule has 29 heavy (non-hydrogen) atoms. The summed E-state index contributed by atoms with van der Waals surface area (Å²) in [5.41, 5.74) is 2.02. The van der Waals surface area contributed by atoms with Crippen molar-refractivity contribution in [1.82, 2.24) is 4.31 Å². The van der Waals surface area contributed by atoms with Crippen LogP contribution >= 0.6 is 11.6 Å². The first-order chi connectivity index (χ1) is 13.9. The van der Waals surface area contributed by atoms with Gasteiger partial charge in [-0.05, 0) is 67.3 Å². The van der Waals surface area contributed by atoms with Gasteiger partial charge >= 0.3 is 0 Å². The molecular weight excluding hydrogens is 408 g/mol. The average molecular weight is 437 g/mol. The molecule has 0 amide bonds. The summed E-state index contributed by atoms with van der Waals surface area (Å²) in [6, 6.07) is 12.9. The minimum Gasteiger partial charge on any atom is -0.494 e. The predicted octanol–water partition coefficient (Wildman–Crippen LogP) is 4.76. The van der Waals surface area contributed by atoms with Crippen LogP contribution in [0, 0.1) is 0 Å². The van der Waals surface area contributed by atoms with Crippen LogP contribution in [-0.2, 0) is 10.0 Å². The minimum atomic E-state index is -3.54. The second-order valence-corrected chi connectivity index (χ2v) is 9.68. The molecule has 2 aromatic rings. The Morgan fingerprint density at radius 2 is 1.69 bits per heavy atom. The van der Waals surface area contributed by atoms with Gasteiger partial charge in [0.15, 0.2) is 0 Å². The van der Waals surface area contributed by atoms with Crippen molar-refractivity contribution in [2.75, 3.05) is 37.7 Å². The quantitative estimate of drug-likeness (QED) is 0.627. The molecule has 2 aromatic carbocycles. The lowest BCUT2D eigenvalue weighted by Gasteiger charge is -2.35. The van der Waals surface area contributed by atoms with E-state index < -0.39 is 10.0 Å². The Bertz CT molecular complexity index is 924. The molecule has 5 nitrogen and oxygen atoms in total. The van der Waals surface area contributed by atoms with Crippen molar-refractivity contribution in [1.29, 1.82) is 0 Å². The number of nitrogens with zero attached hydrogens (tertiary/aromatic N) is 2. The van der Waals surface area contributed by atoms with E-state index in [1.165, 1.54) is 0 Å². The Labute approximate surface area is 179 Å². The van der Waals surface area contributed by atoms with E-state index in [0.717, 1.165) is 23.4 Å². The van der Waals surface area contributed by atoms with Crippen molar-refractivity contribution in [3.8, 4) is 5.75 Å². The smallest absolute Gasteiger partial charge is 0.243 e. The fourth-order valence-corrected chi connectivity index (χ4v) is 5.15. The number of hydrogen-bond donors (Lipinski definition) is 0. The number of hydrogen-bond acceptors (Lipinski definition) is 4. The molecule has 1 fully saturated rings. The van der Waals surface area contributed by atoms with Gasteiger partial charge in [-0.1, -0.05) is 25.4 Å².